The second kappa shape index (κ2) is 3.57. The Balaban J connectivity index is 3.35. The van der Waals surface area contributed by atoms with Crippen molar-refractivity contribution >= 4 is 11.6 Å². The molecule has 0 aliphatic carbocycles. The van der Waals surface area contributed by atoms with Gasteiger partial charge in [0.25, 0.3) is 12.3 Å². The van der Waals surface area contributed by atoms with Gasteiger partial charge in [-0.3, -0.25) is 4.79 Å². The zero-order valence-corrected chi connectivity index (χ0v) is 7.42. The number of anilines is 1. The molecule has 0 aliphatic rings. The van der Waals surface area contributed by atoms with Gasteiger partial charge in [-0.05, 0) is 18.6 Å². The molecule has 4 nitrogen and oxygen atoms in total. The monoisotopic (exact) mass is 201 g/mol. The van der Waals surface area contributed by atoms with Gasteiger partial charge < -0.3 is 11.5 Å². The number of amides is 1. The lowest BCUT2D eigenvalue weighted by Crippen LogP contribution is -2.17. The standard InChI is InChI=1S/C8H9F2N3O/c1-3-2-4(7(9)10)13-6(5(3)11)8(12)14/h2,7H,11H2,1H3,(H2,12,14). The molecule has 1 rings (SSSR count). The van der Waals surface area contributed by atoms with E-state index >= 15 is 0 Å². The van der Waals surface area contributed by atoms with Crippen LogP contribution in [0.25, 0.3) is 0 Å². The van der Waals surface area contributed by atoms with Crippen molar-refractivity contribution in [1.82, 2.24) is 4.98 Å². The number of pyridine rings is 1. The Bertz CT molecular complexity index is 379. The summed E-state index contributed by atoms with van der Waals surface area (Å²) >= 11 is 0. The highest BCUT2D eigenvalue weighted by molar-refractivity contribution is 5.96. The third-order valence-electron chi connectivity index (χ3n) is 1.74. The van der Waals surface area contributed by atoms with E-state index < -0.39 is 18.0 Å². The molecule has 0 fully saturated rings. The fraction of sp³-hybridized carbons (Fsp3) is 0.250. The number of nitrogens with two attached hydrogens (primary N) is 2. The summed E-state index contributed by atoms with van der Waals surface area (Å²) in [6.07, 6.45) is -2.74. The molecule has 4 N–H and O–H groups in total. The lowest BCUT2D eigenvalue weighted by atomic mass is 10.1. The van der Waals surface area contributed by atoms with E-state index in [9.17, 15) is 13.6 Å². The zero-order chi connectivity index (χ0) is 10.9. The predicted octanol–water partition coefficient (Wildman–Crippen LogP) is 1.01. The van der Waals surface area contributed by atoms with Crippen LogP contribution in [0.2, 0.25) is 0 Å². The van der Waals surface area contributed by atoms with E-state index in [1.165, 1.54) is 6.92 Å². The second-order valence-electron chi connectivity index (χ2n) is 2.79. The van der Waals surface area contributed by atoms with Gasteiger partial charge in [-0.15, -0.1) is 0 Å². The summed E-state index contributed by atoms with van der Waals surface area (Å²) < 4.78 is 24.5. The molecule has 0 saturated carbocycles. The molecule has 0 spiro atoms. The Kier molecular flexibility index (Phi) is 2.64. The van der Waals surface area contributed by atoms with Gasteiger partial charge in [0.2, 0.25) is 0 Å². The number of aromatic nitrogens is 1. The number of primary amides is 1. The van der Waals surface area contributed by atoms with Gasteiger partial charge in [0.05, 0.1) is 5.69 Å². The van der Waals surface area contributed by atoms with Crippen LogP contribution in [0.1, 0.15) is 28.2 Å². The van der Waals surface area contributed by atoms with Crippen molar-refractivity contribution in [2.75, 3.05) is 5.73 Å². The van der Waals surface area contributed by atoms with Crippen LogP contribution in [0.3, 0.4) is 0 Å². The molecule has 1 heterocycles. The molecule has 14 heavy (non-hydrogen) atoms. The minimum Gasteiger partial charge on any atom is -0.397 e. The van der Waals surface area contributed by atoms with Crippen molar-refractivity contribution in [2.24, 2.45) is 5.73 Å². The molecule has 0 aliphatic heterocycles. The van der Waals surface area contributed by atoms with Gasteiger partial charge in [-0.25, -0.2) is 13.8 Å². The average Bonchev–Trinajstić information content (AvgIpc) is 2.08. The molecular formula is C8H9F2N3O. The Morgan fingerprint density at radius 1 is 1.57 bits per heavy atom. The Hall–Kier alpha value is -1.72. The molecule has 0 bridgehead atoms. The highest BCUT2D eigenvalue weighted by Crippen LogP contribution is 2.22. The Morgan fingerprint density at radius 3 is 2.57 bits per heavy atom. The molecule has 76 valence electrons. The van der Waals surface area contributed by atoms with E-state index in [0.29, 0.717) is 5.56 Å². The number of rotatable bonds is 2. The largest absolute Gasteiger partial charge is 0.397 e. The average molecular weight is 201 g/mol. The summed E-state index contributed by atoms with van der Waals surface area (Å²) in [5.74, 6) is -0.909. The van der Waals surface area contributed by atoms with Crippen LogP contribution < -0.4 is 11.5 Å². The van der Waals surface area contributed by atoms with Crippen molar-refractivity contribution in [3.63, 3.8) is 0 Å². The molecule has 1 aromatic heterocycles. The van der Waals surface area contributed by atoms with Crippen LogP contribution in [0.15, 0.2) is 6.07 Å². The summed E-state index contributed by atoms with van der Waals surface area (Å²) in [5.41, 5.74) is 9.98. The molecule has 0 aromatic carbocycles. The van der Waals surface area contributed by atoms with Crippen molar-refractivity contribution in [3.8, 4) is 0 Å². The molecule has 6 heteroatoms. The third kappa shape index (κ3) is 1.78. The van der Waals surface area contributed by atoms with Gasteiger partial charge >= 0.3 is 0 Å². The van der Waals surface area contributed by atoms with Crippen LogP contribution in [0, 0.1) is 6.92 Å². The highest BCUT2D eigenvalue weighted by Gasteiger charge is 2.16. The molecular weight excluding hydrogens is 192 g/mol. The van der Waals surface area contributed by atoms with Gasteiger partial charge in [-0.1, -0.05) is 0 Å². The zero-order valence-electron chi connectivity index (χ0n) is 7.42. The van der Waals surface area contributed by atoms with Crippen molar-refractivity contribution in [1.29, 1.82) is 0 Å². The summed E-state index contributed by atoms with van der Waals surface area (Å²) in [7, 11) is 0. The van der Waals surface area contributed by atoms with Gasteiger partial charge in [0.15, 0.2) is 5.69 Å². The van der Waals surface area contributed by atoms with Gasteiger partial charge in [0, 0.05) is 0 Å². The molecule has 1 aromatic rings. The van der Waals surface area contributed by atoms with E-state index in [1.807, 2.05) is 0 Å². The Morgan fingerprint density at radius 2 is 2.14 bits per heavy atom. The lowest BCUT2D eigenvalue weighted by molar-refractivity contribution is 0.0994. The second-order valence-corrected chi connectivity index (χ2v) is 2.79. The predicted molar refractivity (Wildman–Crippen MR) is 46.9 cm³/mol. The summed E-state index contributed by atoms with van der Waals surface area (Å²) in [6.45, 7) is 1.51. The molecule has 0 unspecified atom stereocenters. The first-order chi connectivity index (χ1) is 6.43. The minimum atomic E-state index is -2.74. The molecule has 0 saturated heterocycles. The number of nitrogens with zero attached hydrogens (tertiary/aromatic N) is 1. The summed E-state index contributed by atoms with van der Waals surface area (Å²) in [5, 5.41) is 0. The fourth-order valence-corrected chi connectivity index (χ4v) is 1.01. The SMILES string of the molecule is Cc1cc(C(F)F)nc(C(N)=O)c1N. The number of carbonyl (C=O) groups excluding carboxylic acids is 1. The number of carbonyl (C=O) groups is 1. The lowest BCUT2D eigenvalue weighted by Gasteiger charge is -2.07. The Labute approximate surface area is 78.9 Å². The van der Waals surface area contributed by atoms with E-state index in [1.54, 1.807) is 0 Å². The molecule has 0 radical (unpaired) electrons. The van der Waals surface area contributed by atoms with Crippen molar-refractivity contribution < 1.29 is 13.6 Å². The van der Waals surface area contributed by atoms with Gasteiger partial charge in [-0.2, -0.15) is 0 Å². The molecule has 1 amide bonds. The van der Waals surface area contributed by atoms with E-state index in [4.69, 9.17) is 11.5 Å². The quantitative estimate of drug-likeness (QED) is 0.749. The van der Waals surface area contributed by atoms with Crippen molar-refractivity contribution in [2.45, 2.75) is 13.3 Å². The maximum Gasteiger partial charge on any atom is 0.280 e. The van der Waals surface area contributed by atoms with Gasteiger partial charge in [0.1, 0.15) is 5.69 Å². The number of alkyl halides is 2. The summed E-state index contributed by atoms with van der Waals surface area (Å²) in [4.78, 5) is 14.2. The summed E-state index contributed by atoms with van der Waals surface area (Å²) in [6, 6.07) is 1.13. The minimum absolute atomic E-state index is 0.0434. The van der Waals surface area contributed by atoms with Crippen LogP contribution in [-0.2, 0) is 0 Å². The van der Waals surface area contributed by atoms with E-state index in [-0.39, 0.29) is 11.4 Å². The van der Waals surface area contributed by atoms with Crippen LogP contribution >= 0.6 is 0 Å². The fourth-order valence-electron chi connectivity index (χ4n) is 1.01. The number of aryl methyl sites for hydroxylation is 1. The number of hydrogen-bond acceptors (Lipinski definition) is 3. The maximum absolute atomic E-state index is 12.3. The van der Waals surface area contributed by atoms with Crippen LogP contribution in [-0.4, -0.2) is 10.9 Å². The van der Waals surface area contributed by atoms with Crippen LogP contribution in [0.5, 0.6) is 0 Å². The smallest absolute Gasteiger partial charge is 0.280 e. The van der Waals surface area contributed by atoms with E-state index in [2.05, 4.69) is 4.98 Å². The topological polar surface area (TPSA) is 82.0 Å². The number of nitrogen functional groups attached to an aromatic ring is 1. The van der Waals surface area contributed by atoms with E-state index in [0.717, 1.165) is 6.07 Å². The highest BCUT2D eigenvalue weighted by atomic mass is 19.3. The first-order valence-corrected chi connectivity index (χ1v) is 3.78. The first kappa shape index (κ1) is 10.4. The first-order valence-electron chi connectivity index (χ1n) is 3.78. The van der Waals surface area contributed by atoms with Crippen LogP contribution in [0.4, 0.5) is 14.5 Å². The maximum atomic E-state index is 12.3. The third-order valence-corrected chi connectivity index (χ3v) is 1.74. The number of halogens is 2. The van der Waals surface area contributed by atoms with Crippen molar-refractivity contribution in [3.05, 3.63) is 23.0 Å². The normalized spacial score (nSPS) is 10.6. The number of hydrogen-bond donors (Lipinski definition) is 2. The molecule has 0 atom stereocenters.